The molecule has 0 spiro atoms. The van der Waals surface area contributed by atoms with Crippen molar-refractivity contribution < 1.29 is 28.7 Å². The number of hydrogen-bond acceptors (Lipinski definition) is 6. The Kier molecular flexibility index (Phi) is 9.11. The number of esters is 1. The van der Waals surface area contributed by atoms with Crippen LogP contribution in [0.3, 0.4) is 0 Å². The Labute approximate surface area is 175 Å². The predicted molar refractivity (Wildman–Crippen MR) is 109 cm³/mol. The Balaban J connectivity index is 1.69. The minimum Gasteiger partial charge on any atom is -0.484 e. The molecule has 1 aliphatic rings. The van der Waals surface area contributed by atoms with E-state index in [-0.39, 0.29) is 12.6 Å². The van der Waals surface area contributed by atoms with Crippen LogP contribution in [0.15, 0.2) is 30.3 Å². The highest BCUT2D eigenvalue weighted by atomic mass is 16.5. The summed E-state index contributed by atoms with van der Waals surface area (Å²) >= 11 is 0. The SMILES string of the molecule is C[C@H](NC(=O)COc1ccccc1)C(=O)O[C@@H](C)C(=O)NC(=O)NC1CCCCC1. The van der Waals surface area contributed by atoms with Gasteiger partial charge >= 0.3 is 12.0 Å². The summed E-state index contributed by atoms with van der Waals surface area (Å²) in [6.07, 6.45) is 3.84. The molecule has 0 saturated heterocycles. The van der Waals surface area contributed by atoms with E-state index in [9.17, 15) is 19.2 Å². The molecule has 1 aliphatic carbocycles. The van der Waals surface area contributed by atoms with E-state index in [1.807, 2.05) is 6.07 Å². The Morgan fingerprint density at radius 1 is 1.03 bits per heavy atom. The minimum absolute atomic E-state index is 0.0535. The summed E-state index contributed by atoms with van der Waals surface area (Å²) in [5.74, 6) is -1.51. The van der Waals surface area contributed by atoms with Gasteiger partial charge in [-0.05, 0) is 38.8 Å². The van der Waals surface area contributed by atoms with Crippen molar-refractivity contribution in [1.82, 2.24) is 16.0 Å². The summed E-state index contributed by atoms with van der Waals surface area (Å²) in [6, 6.07) is 7.24. The number of amides is 4. The second-order valence-corrected chi connectivity index (χ2v) is 7.27. The first kappa shape index (κ1) is 23.2. The number of rotatable bonds is 8. The van der Waals surface area contributed by atoms with Crippen molar-refractivity contribution in [3.63, 3.8) is 0 Å². The first-order valence-corrected chi connectivity index (χ1v) is 10.1. The molecule has 2 atom stereocenters. The molecule has 1 fully saturated rings. The van der Waals surface area contributed by atoms with Crippen LogP contribution in [0.5, 0.6) is 5.75 Å². The van der Waals surface area contributed by atoms with Crippen molar-refractivity contribution in [3.05, 3.63) is 30.3 Å². The molecule has 1 saturated carbocycles. The standard InChI is InChI=1S/C21H29N3O6/c1-14(22-18(25)13-29-17-11-7-4-8-12-17)20(27)30-15(2)19(26)24-21(28)23-16-9-5-3-6-10-16/h4,7-8,11-12,14-16H,3,5-6,9-10,13H2,1-2H3,(H,22,25)(H2,23,24,26,28)/t14-,15-/m0/s1. The minimum atomic E-state index is -1.19. The van der Waals surface area contributed by atoms with Gasteiger partial charge in [0.2, 0.25) is 0 Å². The Hall–Kier alpha value is -3.10. The van der Waals surface area contributed by atoms with Crippen LogP contribution in [0.1, 0.15) is 46.0 Å². The lowest BCUT2D eigenvalue weighted by Gasteiger charge is -2.23. The van der Waals surface area contributed by atoms with Crippen molar-refractivity contribution in [2.75, 3.05) is 6.61 Å². The molecular weight excluding hydrogens is 390 g/mol. The molecule has 164 valence electrons. The van der Waals surface area contributed by atoms with Crippen molar-refractivity contribution in [1.29, 1.82) is 0 Å². The molecule has 0 unspecified atom stereocenters. The highest BCUT2D eigenvalue weighted by Gasteiger charge is 2.25. The fourth-order valence-electron chi connectivity index (χ4n) is 3.02. The third-order valence-corrected chi connectivity index (χ3v) is 4.68. The van der Waals surface area contributed by atoms with Gasteiger partial charge in [-0.3, -0.25) is 14.9 Å². The summed E-state index contributed by atoms with van der Waals surface area (Å²) in [6.45, 7) is 2.52. The maximum atomic E-state index is 12.1. The van der Waals surface area contributed by atoms with Gasteiger partial charge in [0.05, 0.1) is 0 Å². The van der Waals surface area contributed by atoms with Crippen LogP contribution in [0, 0.1) is 0 Å². The average Bonchev–Trinajstić information content (AvgIpc) is 2.73. The topological polar surface area (TPSA) is 123 Å². The smallest absolute Gasteiger partial charge is 0.329 e. The molecule has 9 heteroatoms. The van der Waals surface area contributed by atoms with Crippen LogP contribution in [-0.4, -0.2) is 48.6 Å². The van der Waals surface area contributed by atoms with Gasteiger partial charge in [0.25, 0.3) is 11.8 Å². The van der Waals surface area contributed by atoms with Gasteiger partial charge in [-0.2, -0.15) is 0 Å². The number of imide groups is 1. The van der Waals surface area contributed by atoms with Crippen LogP contribution in [-0.2, 0) is 19.1 Å². The lowest BCUT2D eigenvalue weighted by atomic mass is 9.96. The summed E-state index contributed by atoms with van der Waals surface area (Å²) < 4.78 is 10.3. The highest BCUT2D eigenvalue weighted by molar-refractivity contribution is 5.97. The zero-order valence-corrected chi connectivity index (χ0v) is 17.3. The second-order valence-electron chi connectivity index (χ2n) is 7.27. The Morgan fingerprint density at radius 2 is 1.70 bits per heavy atom. The summed E-state index contributed by atoms with van der Waals surface area (Å²) in [5.41, 5.74) is 0. The number of nitrogens with one attached hydrogen (secondary N) is 3. The molecule has 2 rings (SSSR count). The van der Waals surface area contributed by atoms with Gasteiger partial charge < -0.3 is 20.1 Å². The molecule has 0 aromatic heterocycles. The number of urea groups is 1. The Bertz CT molecular complexity index is 734. The van der Waals surface area contributed by atoms with Crippen molar-refractivity contribution in [2.45, 2.75) is 64.1 Å². The largest absolute Gasteiger partial charge is 0.484 e. The van der Waals surface area contributed by atoms with Crippen LogP contribution in [0.25, 0.3) is 0 Å². The number of para-hydroxylation sites is 1. The van der Waals surface area contributed by atoms with E-state index < -0.39 is 36.0 Å². The van der Waals surface area contributed by atoms with Crippen LogP contribution in [0.4, 0.5) is 4.79 Å². The summed E-state index contributed by atoms with van der Waals surface area (Å²) in [4.78, 5) is 48.0. The van der Waals surface area contributed by atoms with Gasteiger partial charge in [-0.1, -0.05) is 37.5 Å². The van der Waals surface area contributed by atoms with Crippen LogP contribution >= 0.6 is 0 Å². The monoisotopic (exact) mass is 419 g/mol. The normalized spacial score (nSPS) is 15.9. The molecule has 9 nitrogen and oxygen atoms in total. The van der Waals surface area contributed by atoms with Gasteiger partial charge in [-0.25, -0.2) is 9.59 Å². The first-order chi connectivity index (χ1) is 14.3. The average molecular weight is 419 g/mol. The second kappa shape index (κ2) is 11.8. The lowest BCUT2D eigenvalue weighted by Crippen LogP contribution is -2.49. The molecule has 3 N–H and O–H groups in total. The number of benzene rings is 1. The van der Waals surface area contributed by atoms with E-state index >= 15 is 0 Å². The fraction of sp³-hybridized carbons (Fsp3) is 0.524. The third kappa shape index (κ3) is 8.10. The molecule has 0 aliphatic heterocycles. The van der Waals surface area contributed by atoms with Crippen molar-refractivity contribution in [3.8, 4) is 5.75 Å². The van der Waals surface area contributed by atoms with E-state index in [2.05, 4.69) is 16.0 Å². The molecule has 30 heavy (non-hydrogen) atoms. The molecule has 0 heterocycles. The number of carbonyl (C=O) groups is 4. The maximum Gasteiger partial charge on any atom is 0.329 e. The van der Waals surface area contributed by atoms with Crippen LogP contribution in [0.2, 0.25) is 0 Å². The van der Waals surface area contributed by atoms with E-state index in [1.54, 1.807) is 24.3 Å². The predicted octanol–water partition coefficient (Wildman–Crippen LogP) is 1.66. The van der Waals surface area contributed by atoms with E-state index in [1.165, 1.54) is 13.8 Å². The molecule has 0 bridgehead atoms. The molecule has 0 radical (unpaired) electrons. The quantitative estimate of drug-likeness (QED) is 0.551. The molecular formula is C21H29N3O6. The van der Waals surface area contributed by atoms with E-state index in [0.717, 1.165) is 32.1 Å². The summed E-state index contributed by atoms with van der Waals surface area (Å²) in [5, 5.41) is 7.37. The Morgan fingerprint density at radius 3 is 2.37 bits per heavy atom. The zero-order valence-electron chi connectivity index (χ0n) is 17.3. The van der Waals surface area contributed by atoms with E-state index in [4.69, 9.17) is 9.47 Å². The van der Waals surface area contributed by atoms with Gasteiger partial charge in [0, 0.05) is 6.04 Å². The first-order valence-electron chi connectivity index (χ1n) is 10.1. The highest BCUT2D eigenvalue weighted by Crippen LogP contribution is 2.17. The van der Waals surface area contributed by atoms with Crippen LogP contribution < -0.4 is 20.7 Å². The third-order valence-electron chi connectivity index (χ3n) is 4.68. The number of hydrogen-bond donors (Lipinski definition) is 3. The molecule has 1 aromatic rings. The van der Waals surface area contributed by atoms with Gasteiger partial charge in [-0.15, -0.1) is 0 Å². The summed E-state index contributed by atoms with van der Waals surface area (Å²) in [7, 11) is 0. The van der Waals surface area contributed by atoms with Gasteiger partial charge in [0.15, 0.2) is 12.7 Å². The lowest BCUT2D eigenvalue weighted by molar-refractivity contribution is -0.157. The van der Waals surface area contributed by atoms with Crippen molar-refractivity contribution in [2.24, 2.45) is 0 Å². The van der Waals surface area contributed by atoms with Gasteiger partial charge in [0.1, 0.15) is 11.8 Å². The maximum absolute atomic E-state index is 12.1. The fourth-order valence-corrected chi connectivity index (χ4v) is 3.02. The molecule has 4 amide bonds. The molecule has 1 aromatic carbocycles. The number of carbonyl (C=O) groups excluding carboxylic acids is 4. The van der Waals surface area contributed by atoms with Crippen molar-refractivity contribution >= 4 is 23.8 Å². The number of ether oxygens (including phenoxy) is 2. The zero-order chi connectivity index (χ0) is 21.9. The van der Waals surface area contributed by atoms with E-state index in [0.29, 0.717) is 5.75 Å².